The molecule has 0 bridgehead atoms. The van der Waals surface area contributed by atoms with Crippen LogP contribution in [0.1, 0.15) is 0 Å². The first kappa shape index (κ1) is 11.9. The van der Waals surface area contributed by atoms with Crippen LogP contribution in [-0.4, -0.2) is 9.97 Å². The second kappa shape index (κ2) is 4.73. The van der Waals surface area contributed by atoms with Crippen molar-refractivity contribution in [1.82, 2.24) is 9.97 Å². The predicted molar refractivity (Wildman–Crippen MR) is 62.9 cm³/mol. The average Bonchev–Trinajstić information content (AvgIpc) is 2.29. The third-order valence-electron chi connectivity index (χ3n) is 1.89. The Morgan fingerprint density at radius 3 is 2.71 bits per heavy atom. The van der Waals surface area contributed by atoms with Crippen molar-refractivity contribution < 1.29 is 9.13 Å². The van der Waals surface area contributed by atoms with Crippen LogP contribution in [-0.2, 0) is 0 Å². The van der Waals surface area contributed by atoms with Crippen molar-refractivity contribution in [3.05, 3.63) is 40.5 Å². The number of benzene rings is 1. The fourth-order valence-electron chi connectivity index (χ4n) is 1.10. The molecule has 0 saturated carbocycles. The molecule has 88 valence electrons. The number of nitrogens with zero attached hydrogens (tertiary/aromatic N) is 2. The third kappa shape index (κ3) is 2.57. The lowest BCUT2D eigenvalue weighted by molar-refractivity contribution is 0.457. The fourth-order valence-corrected chi connectivity index (χ4v) is 1.46. The number of nitrogens with two attached hydrogens (primary N) is 1. The number of halogens is 3. The summed E-state index contributed by atoms with van der Waals surface area (Å²) in [7, 11) is 0. The van der Waals surface area contributed by atoms with Crippen molar-refractivity contribution in [3.63, 3.8) is 0 Å². The molecule has 0 radical (unpaired) electrons. The minimum absolute atomic E-state index is 0.0591. The maximum absolute atomic E-state index is 13.2. The Morgan fingerprint density at radius 2 is 2.00 bits per heavy atom. The highest BCUT2D eigenvalue weighted by Crippen LogP contribution is 2.33. The molecule has 0 aliphatic heterocycles. The van der Waals surface area contributed by atoms with E-state index < -0.39 is 5.82 Å². The maximum Gasteiger partial charge on any atom is 0.241 e. The van der Waals surface area contributed by atoms with Crippen LogP contribution in [0.4, 0.5) is 10.1 Å². The molecule has 17 heavy (non-hydrogen) atoms. The molecule has 0 amide bonds. The molecule has 0 fully saturated rings. The van der Waals surface area contributed by atoms with Crippen LogP contribution in [0.2, 0.25) is 10.0 Å². The first-order valence-electron chi connectivity index (χ1n) is 4.46. The van der Waals surface area contributed by atoms with E-state index in [1.165, 1.54) is 18.6 Å². The molecule has 0 unspecified atom stereocenters. The highest BCUT2D eigenvalue weighted by Gasteiger charge is 2.11. The maximum atomic E-state index is 13.2. The van der Waals surface area contributed by atoms with Crippen LogP contribution in [0.5, 0.6) is 11.6 Å². The summed E-state index contributed by atoms with van der Waals surface area (Å²) in [4.78, 5) is 7.48. The zero-order valence-electron chi connectivity index (χ0n) is 8.32. The van der Waals surface area contributed by atoms with Crippen LogP contribution in [0.3, 0.4) is 0 Å². The molecule has 1 aromatic heterocycles. The number of rotatable bonds is 2. The van der Waals surface area contributed by atoms with Crippen LogP contribution in [0.15, 0.2) is 24.7 Å². The normalized spacial score (nSPS) is 10.3. The van der Waals surface area contributed by atoms with Gasteiger partial charge in [-0.3, -0.25) is 0 Å². The van der Waals surface area contributed by atoms with Crippen LogP contribution in [0.25, 0.3) is 0 Å². The summed E-state index contributed by atoms with van der Waals surface area (Å²) in [5.41, 5.74) is 5.29. The highest BCUT2D eigenvalue weighted by atomic mass is 35.5. The molecule has 0 spiro atoms. The monoisotopic (exact) mass is 273 g/mol. The standard InChI is InChI=1S/C10H6Cl2FN3O/c11-5-1-8(14)7(13)2-9(5)17-10-6(12)3-15-4-16-10/h1-4H,14H2. The fraction of sp³-hybridized carbons (Fsp3) is 0. The summed E-state index contributed by atoms with van der Waals surface area (Å²) in [6, 6.07) is 2.32. The van der Waals surface area contributed by atoms with Gasteiger partial charge >= 0.3 is 0 Å². The zero-order valence-corrected chi connectivity index (χ0v) is 9.84. The molecule has 2 rings (SSSR count). The van der Waals surface area contributed by atoms with E-state index in [2.05, 4.69) is 9.97 Å². The van der Waals surface area contributed by atoms with Gasteiger partial charge in [0.25, 0.3) is 0 Å². The lowest BCUT2D eigenvalue weighted by Crippen LogP contribution is -1.95. The van der Waals surface area contributed by atoms with Crippen molar-refractivity contribution in [2.24, 2.45) is 0 Å². The van der Waals surface area contributed by atoms with E-state index in [0.717, 1.165) is 6.07 Å². The van der Waals surface area contributed by atoms with Crippen molar-refractivity contribution in [2.45, 2.75) is 0 Å². The first-order valence-corrected chi connectivity index (χ1v) is 5.21. The minimum Gasteiger partial charge on any atom is -0.436 e. The molecule has 0 aliphatic rings. The van der Waals surface area contributed by atoms with Crippen molar-refractivity contribution in [2.75, 3.05) is 5.73 Å². The molecule has 0 atom stereocenters. The molecular weight excluding hydrogens is 268 g/mol. The van der Waals surface area contributed by atoms with E-state index in [1.807, 2.05) is 0 Å². The van der Waals surface area contributed by atoms with E-state index in [-0.39, 0.29) is 27.4 Å². The SMILES string of the molecule is Nc1cc(Cl)c(Oc2ncncc2Cl)cc1F. The van der Waals surface area contributed by atoms with Crippen molar-refractivity contribution in [3.8, 4) is 11.6 Å². The van der Waals surface area contributed by atoms with Gasteiger partial charge in [0.15, 0.2) is 5.75 Å². The first-order chi connectivity index (χ1) is 8.08. The Bertz CT molecular complexity index is 565. The summed E-state index contributed by atoms with van der Waals surface area (Å²) >= 11 is 11.6. The van der Waals surface area contributed by atoms with Crippen molar-refractivity contribution >= 4 is 28.9 Å². The molecule has 2 aromatic rings. The van der Waals surface area contributed by atoms with E-state index in [1.54, 1.807) is 0 Å². The Hall–Kier alpha value is -1.59. The van der Waals surface area contributed by atoms with Gasteiger partial charge in [-0.25, -0.2) is 14.4 Å². The van der Waals surface area contributed by atoms with Crippen LogP contribution in [0, 0.1) is 5.82 Å². The number of hydrogen-bond donors (Lipinski definition) is 1. The van der Waals surface area contributed by atoms with Gasteiger partial charge in [0.05, 0.1) is 16.9 Å². The molecule has 0 aliphatic carbocycles. The Balaban J connectivity index is 2.37. The second-order valence-corrected chi connectivity index (χ2v) is 3.90. The van der Waals surface area contributed by atoms with Gasteiger partial charge in [0, 0.05) is 6.07 Å². The zero-order chi connectivity index (χ0) is 12.4. The van der Waals surface area contributed by atoms with Gasteiger partial charge in [-0.15, -0.1) is 0 Å². The second-order valence-electron chi connectivity index (χ2n) is 3.08. The molecular formula is C10H6Cl2FN3O. The van der Waals surface area contributed by atoms with E-state index in [0.29, 0.717) is 0 Å². The van der Waals surface area contributed by atoms with Gasteiger partial charge in [0.1, 0.15) is 17.2 Å². The van der Waals surface area contributed by atoms with E-state index in [9.17, 15) is 4.39 Å². The minimum atomic E-state index is -0.630. The highest BCUT2D eigenvalue weighted by molar-refractivity contribution is 6.32. The number of aromatic nitrogens is 2. The molecule has 4 nitrogen and oxygen atoms in total. The quantitative estimate of drug-likeness (QED) is 0.853. The van der Waals surface area contributed by atoms with Crippen LogP contribution >= 0.6 is 23.2 Å². The van der Waals surface area contributed by atoms with Gasteiger partial charge in [-0.1, -0.05) is 23.2 Å². The number of ether oxygens (including phenoxy) is 1. The van der Waals surface area contributed by atoms with Crippen molar-refractivity contribution in [1.29, 1.82) is 0 Å². The summed E-state index contributed by atoms with van der Waals surface area (Å²) in [5, 5.41) is 0.361. The largest absolute Gasteiger partial charge is 0.436 e. The van der Waals surface area contributed by atoms with Gasteiger partial charge in [-0.05, 0) is 6.07 Å². The lowest BCUT2D eigenvalue weighted by atomic mass is 10.3. The Labute approximate surface area is 106 Å². The van der Waals surface area contributed by atoms with E-state index in [4.69, 9.17) is 33.7 Å². The van der Waals surface area contributed by atoms with Crippen LogP contribution < -0.4 is 10.5 Å². The predicted octanol–water partition coefficient (Wildman–Crippen LogP) is 3.30. The summed E-state index contributed by atoms with van der Waals surface area (Å²) in [6.07, 6.45) is 2.61. The summed E-state index contributed by atoms with van der Waals surface area (Å²) in [5.74, 6) is -0.457. The summed E-state index contributed by atoms with van der Waals surface area (Å²) in [6.45, 7) is 0. The van der Waals surface area contributed by atoms with Gasteiger partial charge < -0.3 is 10.5 Å². The molecule has 2 N–H and O–H groups in total. The molecule has 1 heterocycles. The smallest absolute Gasteiger partial charge is 0.241 e. The third-order valence-corrected chi connectivity index (χ3v) is 2.45. The molecule has 0 saturated heterocycles. The molecule has 1 aromatic carbocycles. The summed E-state index contributed by atoms with van der Waals surface area (Å²) < 4.78 is 18.5. The Morgan fingerprint density at radius 1 is 1.24 bits per heavy atom. The number of anilines is 1. The average molecular weight is 274 g/mol. The number of nitrogen functional groups attached to an aromatic ring is 1. The van der Waals surface area contributed by atoms with Gasteiger partial charge in [0.2, 0.25) is 5.88 Å². The molecule has 7 heteroatoms. The van der Waals surface area contributed by atoms with Gasteiger partial charge in [-0.2, -0.15) is 0 Å². The number of hydrogen-bond acceptors (Lipinski definition) is 4. The lowest BCUT2D eigenvalue weighted by Gasteiger charge is -2.08. The van der Waals surface area contributed by atoms with E-state index >= 15 is 0 Å². The Kier molecular flexibility index (Phi) is 3.31. The topological polar surface area (TPSA) is 61.0 Å².